The lowest BCUT2D eigenvalue weighted by molar-refractivity contribution is -0.132. The first kappa shape index (κ1) is 15.7. The van der Waals surface area contributed by atoms with Gasteiger partial charge >= 0.3 is 0 Å². The van der Waals surface area contributed by atoms with Crippen LogP contribution in [0.1, 0.15) is 26.7 Å². The summed E-state index contributed by atoms with van der Waals surface area (Å²) in [5.74, 6) is 0.622. The number of hydrogen-bond donors (Lipinski definition) is 2. The Kier molecular flexibility index (Phi) is 5.81. The van der Waals surface area contributed by atoms with Crippen LogP contribution in [0.25, 0.3) is 0 Å². The lowest BCUT2D eigenvalue weighted by Crippen LogP contribution is -2.46. The van der Waals surface area contributed by atoms with Crippen molar-refractivity contribution in [1.82, 2.24) is 15.5 Å². The van der Waals surface area contributed by atoms with Crippen LogP contribution in [-0.4, -0.2) is 63.3 Å². The maximum Gasteiger partial charge on any atom is 0.227 e. The molecule has 2 heterocycles. The molecule has 5 heteroatoms. The van der Waals surface area contributed by atoms with E-state index in [9.17, 15) is 4.79 Å². The van der Waals surface area contributed by atoms with Gasteiger partial charge in [0, 0.05) is 26.2 Å². The summed E-state index contributed by atoms with van der Waals surface area (Å²) in [7, 11) is 0. The minimum absolute atomic E-state index is 0.195. The predicted octanol–water partition coefficient (Wildman–Crippen LogP) is 0.461. The molecule has 0 radical (unpaired) electrons. The first-order valence-corrected chi connectivity index (χ1v) is 7.94. The quantitative estimate of drug-likeness (QED) is 0.696. The Labute approximate surface area is 122 Å². The monoisotopic (exact) mass is 283 g/mol. The van der Waals surface area contributed by atoms with Crippen molar-refractivity contribution in [3.8, 4) is 0 Å². The van der Waals surface area contributed by atoms with Crippen LogP contribution in [0.2, 0.25) is 0 Å². The topological polar surface area (TPSA) is 53.6 Å². The third-order valence-corrected chi connectivity index (χ3v) is 4.79. The molecule has 1 amide bonds. The highest BCUT2D eigenvalue weighted by molar-refractivity contribution is 5.83. The second kappa shape index (κ2) is 7.38. The van der Waals surface area contributed by atoms with Gasteiger partial charge in [-0.3, -0.25) is 9.69 Å². The number of ether oxygens (including phenoxy) is 1. The summed E-state index contributed by atoms with van der Waals surface area (Å²) < 4.78 is 5.33. The summed E-state index contributed by atoms with van der Waals surface area (Å²) in [6, 6.07) is 0. The highest BCUT2D eigenvalue weighted by atomic mass is 16.5. The third kappa shape index (κ3) is 3.71. The SMILES string of the molecule is CC(C)C1(C(=O)NCCCN2CCOCC2)CCNC1. The lowest BCUT2D eigenvalue weighted by Gasteiger charge is -2.31. The smallest absolute Gasteiger partial charge is 0.227 e. The van der Waals surface area contributed by atoms with Crippen LogP contribution >= 0.6 is 0 Å². The van der Waals surface area contributed by atoms with E-state index < -0.39 is 0 Å². The van der Waals surface area contributed by atoms with E-state index in [1.165, 1.54) is 0 Å². The fourth-order valence-electron chi connectivity index (χ4n) is 3.17. The standard InChI is InChI=1S/C15H29N3O2/c1-13(2)15(4-6-16-12-15)14(19)17-5-3-7-18-8-10-20-11-9-18/h13,16H,3-12H2,1-2H3,(H,17,19). The number of hydrogen-bond acceptors (Lipinski definition) is 4. The van der Waals surface area contributed by atoms with E-state index in [0.717, 1.165) is 65.3 Å². The summed E-state index contributed by atoms with van der Waals surface area (Å²) in [6.45, 7) is 11.6. The van der Waals surface area contributed by atoms with Crippen molar-refractivity contribution in [2.75, 3.05) is 52.5 Å². The first-order chi connectivity index (χ1) is 9.65. The van der Waals surface area contributed by atoms with Crippen LogP contribution in [0.3, 0.4) is 0 Å². The van der Waals surface area contributed by atoms with Crippen molar-refractivity contribution < 1.29 is 9.53 Å². The molecule has 2 rings (SSSR count). The zero-order valence-electron chi connectivity index (χ0n) is 12.9. The van der Waals surface area contributed by atoms with Gasteiger partial charge in [0.25, 0.3) is 0 Å². The van der Waals surface area contributed by atoms with Gasteiger partial charge in [0.15, 0.2) is 0 Å². The average molecular weight is 283 g/mol. The molecule has 0 bridgehead atoms. The van der Waals surface area contributed by atoms with Gasteiger partial charge in [-0.1, -0.05) is 13.8 Å². The fourth-order valence-corrected chi connectivity index (χ4v) is 3.17. The molecule has 2 aliphatic heterocycles. The molecule has 0 aliphatic carbocycles. The van der Waals surface area contributed by atoms with Crippen LogP contribution in [0.5, 0.6) is 0 Å². The molecule has 116 valence electrons. The Morgan fingerprint density at radius 1 is 1.40 bits per heavy atom. The molecule has 2 saturated heterocycles. The number of amides is 1. The molecule has 0 aromatic rings. The zero-order valence-corrected chi connectivity index (χ0v) is 12.9. The fraction of sp³-hybridized carbons (Fsp3) is 0.933. The Balaban J connectivity index is 1.68. The minimum Gasteiger partial charge on any atom is -0.379 e. The van der Waals surface area contributed by atoms with Crippen molar-refractivity contribution in [3.05, 3.63) is 0 Å². The summed E-state index contributed by atoms with van der Waals surface area (Å²) in [6.07, 6.45) is 1.98. The predicted molar refractivity (Wildman–Crippen MR) is 79.6 cm³/mol. The molecule has 20 heavy (non-hydrogen) atoms. The van der Waals surface area contributed by atoms with Crippen LogP contribution in [0, 0.1) is 11.3 Å². The highest BCUT2D eigenvalue weighted by Gasteiger charge is 2.43. The Hall–Kier alpha value is -0.650. The number of nitrogens with zero attached hydrogens (tertiary/aromatic N) is 1. The Morgan fingerprint density at radius 3 is 2.75 bits per heavy atom. The van der Waals surface area contributed by atoms with E-state index in [-0.39, 0.29) is 11.3 Å². The molecule has 0 aromatic carbocycles. The van der Waals surface area contributed by atoms with Gasteiger partial charge in [-0.25, -0.2) is 0 Å². The molecule has 2 N–H and O–H groups in total. The molecule has 0 spiro atoms. The van der Waals surface area contributed by atoms with Crippen molar-refractivity contribution in [2.45, 2.75) is 26.7 Å². The number of nitrogens with one attached hydrogen (secondary N) is 2. The van der Waals surface area contributed by atoms with Crippen LogP contribution in [0.4, 0.5) is 0 Å². The number of rotatable bonds is 6. The van der Waals surface area contributed by atoms with Crippen molar-refractivity contribution in [1.29, 1.82) is 0 Å². The van der Waals surface area contributed by atoms with E-state index in [1.54, 1.807) is 0 Å². The molecular formula is C15H29N3O2. The maximum atomic E-state index is 12.5. The molecule has 5 nitrogen and oxygen atoms in total. The molecule has 2 aliphatic rings. The van der Waals surface area contributed by atoms with E-state index in [1.807, 2.05) is 0 Å². The second-order valence-electron chi connectivity index (χ2n) is 6.30. The largest absolute Gasteiger partial charge is 0.379 e. The summed E-state index contributed by atoms with van der Waals surface area (Å²) in [5.41, 5.74) is -0.195. The summed E-state index contributed by atoms with van der Waals surface area (Å²) in [5, 5.41) is 6.48. The van der Waals surface area contributed by atoms with Crippen LogP contribution in [0.15, 0.2) is 0 Å². The molecule has 0 aromatic heterocycles. The van der Waals surface area contributed by atoms with Crippen molar-refractivity contribution in [2.24, 2.45) is 11.3 Å². The minimum atomic E-state index is -0.195. The Morgan fingerprint density at radius 2 is 2.15 bits per heavy atom. The normalized spacial score (nSPS) is 27.9. The summed E-state index contributed by atoms with van der Waals surface area (Å²) in [4.78, 5) is 14.9. The van der Waals surface area contributed by atoms with Crippen LogP contribution in [-0.2, 0) is 9.53 Å². The van der Waals surface area contributed by atoms with Gasteiger partial charge in [0.1, 0.15) is 0 Å². The van der Waals surface area contributed by atoms with Gasteiger partial charge < -0.3 is 15.4 Å². The highest BCUT2D eigenvalue weighted by Crippen LogP contribution is 2.34. The third-order valence-electron chi connectivity index (χ3n) is 4.79. The zero-order chi connectivity index (χ0) is 14.4. The van der Waals surface area contributed by atoms with E-state index in [0.29, 0.717) is 5.92 Å². The van der Waals surface area contributed by atoms with Crippen molar-refractivity contribution in [3.63, 3.8) is 0 Å². The second-order valence-corrected chi connectivity index (χ2v) is 6.30. The molecule has 0 saturated carbocycles. The van der Waals surface area contributed by atoms with Gasteiger partial charge in [-0.05, 0) is 31.8 Å². The number of carbonyl (C=O) groups is 1. The Bertz CT molecular complexity index is 308. The van der Waals surface area contributed by atoms with Crippen LogP contribution < -0.4 is 10.6 Å². The molecule has 2 fully saturated rings. The summed E-state index contributed by atoms with van der Waals surface area (Å²) >= 11 is 0. The van der Waals surface area contributed by atoms with E-state index >= 15 is 0 Å². The average Bonchev–Trinajstić information content (AvgIpc) is 2.95. The van der Waals surface area contributed by atoms with E-state index in [2.05, 4.69) is 29.4 Å². The lowest BCUT2D eigenvalue weighted by atomic mass is 9.75. The molecule has 1 atom stereocenters. The van der Waals surface area contributed by atoms with E-state index in [4.69, 9.17) is 4.74 Å². The number of morpholine rings is 1. The molecule has 1 unspecified atom stereocenters. The first-order valence-electron chi connectivity index (χ1n) is 7.94. The maximum absolute atomic E-state index is 12.5. The van der Waals surface area contributed by atoms with Crippen molar-refractivity contribution >= 4 is 5.91 Å². The van der Waals surface area contributed by atoms with Gasteiger partial charge in [-0.2, -0.15) is 0 Å². The van der Waals surface area contributed by atoms with Gasteiger partial charge in [0.2, 0.25) is 5.91 Å². The number of carbonyl (C=O) groups excluding carboxylic acids is 1. The van der Waals surface area contributed by atoms with Gasteiger partial charge in [-0.15, -0.1) is 0 Å². The molecular weight excluding hydrogens is 254 g/mol. The van der Waals surface area contributed by atoms with Gasteiger partial charge in [0.05, 0.1) is 18.6 Å².